The fourth-order valence-corrected chi connectivity index (χ4v) is 2.58. The zero-order valence-corrected chi connectivity index (χ0v) is 11.4. The molecule has 0 aliphatic carbocycles. The third-order valence-electron chi connectivity index (χ3n) is 3.53. The molecule has 0 bridgehead atoms. The molecule has 104 valence electrons. The van der Waals surface area contributed by atoms with Gasteiger partial charge in [0, 0.05) is 44.0 Å². The Morgan fingerprint density at radius 2 is 2.25 bits per heavy atom. The van der Waals surface area contributed by atoms with Gasteiger partial charge >= 0.3 is 5.97 Å². The molecule has 0 aromatic carbocycles. The molecule has 0 saturated carbocycles. The molecular weight excluding hydrogens is 258 g/mol. The number of rotatable bonds is 2. The summed E-state index contributed by atoms with van der Waals surface area (Å²) in [5, 5.41) is 13.3. The Morgan fingerprint density at radius 1 is 1.45 bits per heavy atom. The van der Waals surface area contributed by atoms with Gasteiger partial charge in [0.05, 0.1) is 0 Å². The molecular formula is C13H15N5O2. The SMILES string of the molecule is Cc1nccc(N2CCc3c(c(C(=O)O)nn3C)C2)n1. The molecule has 1 N–H and O–H groups in total. The number of fused-ring (bicyclic) bond motifs is 1. The molecule has 20 heavy (non-hydrogen) atoms. The number of aryl methyl sites for hydroxylation is 2. The number of hydrogen-bond donors (Lipinski definition) is 1. The summed E-state index contributed by atoms with van der Waals surface area (Å²) in [5.41, 5.74) is 1.91. The minimum Gasteiger partial charge on any atom is -0.476 e. The first-order chi connectivity index (χ1) is 9.56. The smallest absolute Gasteiger partial charge is 0.356 e. The Morgan fingerprint density at radius 3 is 2.95 bits per heavy atom. The second-order valence-electron chi connectivity index (χ2n) is 4.84. The third-order valence-corrected chi connectivity index (χ3v) is 3.53. The van der Waals surface area contributed by atoms with E-state index >= 15 is 0 Å². The first-order valence-electron chi connectivity index (χ1n) is 6.39. The number of carboxylic acid groups (broad SMARTS) is 1. The minimum atomic E-state index is -0.984. The molecule has 7 heteroatoms. The van der Waals surface area contributed by atoms with E-state index in [-0.39, 0.29) is 5.69 Å². The average Bonchev–Trinajstić information content (AvgIpc) is 2.76. The van der Waals surface area contributed by atoms with E-state index in [0.29, 0.717) is 12.4 Å². The van der Waals surface area contributed by atoms with E-state index in [1.54, 1.807) is 17.9 Å². The lowest BCUT2D eigenvalue weighted by Crippen LogP contribution is -2.32. The fraction of sp³-hybridized carbons (Fsp3) is 0.385. The van der Waals surface area contributed by atoms with Crippen LogP contribution in [0.4, 0.5) is 5.82 Å². The summed E-state index contributed by atoms with van der Waals surface area (Å²) in [6.07, 6.45) is 2.48. The van der Waals surface area contributed by atoms with Gasteiger partial charge in [-0.05, 0) is 13.0 Å². The van der Waals surface area contributed by atoms with Crippen LogP contribution in [0.2, 0.25) is 0 Å². The lowest BCUT2D eigenvalue weighted by atomic mass is 10.1. The second-order valence-corrected chi connectivity index (χ2v) is 4.84. The standard InChI is InChI=1S/C13H15N5O2/c1-8-14-5-3-11(15-8)18-6-4-10-9(7-18)12(13(19)20)16-17(10)2/h3,5H,4,6-7H2,1-2H3,(H,19,20). The fourth-order valence-electron chi connectivity index (χ4n) is 2.58. The predicted molar refractivity (Wildman–Crippen MR) is 71.7 cm³/mol. The van der Waals surface area contributed by atoms with Gasteiger partial charge in [-0.15, -0.1) is 0 Å². The number of aromatic carboxylic acids is 1. The first kappa shape index (κ1) is 12.6. The van der Waals surface area contributed by atoms with Gasteiger partial charge < -0.3 is 10.0 Å². The van der Waals surface area contributed by atoms with E-state index < -0.39 is 5.97 Å². The van der Waals surface area contributed by atoms with E-state index in [2.05, 4.69) is 20.0 Å². The Hall–Kier alpha value is -2.44. The summed E-state index contributed by atoms with van der Waals surface area (Å²) in [6.45, 7) is 3.15. The van der Waals surface area contributed by atoms with Crippen LogP contribution >= 0.6 is 0 Å². The summed E-state index contributed by atoms with van der Waals surface area (Å²) in [4.78, 5) is 21.8. The highest BCUT2D eigenvalue weighted by molar-refractivity contribution is 5.87. The second kappa shape index (κ2) is 4.59. The van der Waals surface area contributed by atoms with Gasteiger partial charge in [0.2, 0.25) is 0 Å². The van der Waals surface area contributed by atoms with Crippen LogP contribution in [0.5, 0.6) is 0 Å². The average molecular weight is 273 g/mol. The van der Waals surface area contributed by atoms with Crippen LogP contribution < -0.4 is 4.90 Å². The largest absolute Gasteiger partial charge is 0.476 e. The molecule has 0 saturated heterocycles. The van der Waals surface area contributed by atoms with Gasteiger partial charge in [-0.3, -0.25) is 4.68 Å². The predicted octanol–water partition coefficient (Wildman–Crippen LogP) is 0.779. The van der Waals surface area contributed by atoms with Crippen molar-refractivity contribution in [1.29, 1.82) is 0 Å². The van der Waals surface area contributed by atoms with E-state index in [1.807, 2.05) is 13.0 Å². The molecule has 0 atom stereocenters. The first-order valence-corrected chi connectivity index (χ1v) is 6.39. The molecule has 0 amide bonds. The van der Waals surface area contributed by atoms with Crippen molar-refractivity contribution in [3.05, 3.63) is 35.0 Å². The molecule has 1 aliphatic heterocycles. The van der Waals surface area contributed by atoms with Crippen LogP contribution in [0.25, 0.3) is 0 Å². The normalized spacial score (nSPS) is 14.2. The van der Waals surface area contributed by atoms with Crippen LogP contribution in [-0.4, -0.2) is 37.4 Å². The summed E-state index contributed by atoms with van der Waals surface area (Å²) in [6, 6.07) is 1.84. The van der Waals surface area contributed by atoms with Crippen molar-refractivity contribution in [3.8, 4) is 0 Å². The monoisotopic (exact) mass is 273 g/mol. The molecule has 3 heterocycles. The van der Waals surface area contributed by atoms with Crippen molar-refractivity contribution in [3.63, 3.8) is 0 Å². The third kappa shape index (κ3) is 2.01. The molecule has 2 aromatic rings. The van der Waals surface area contributed by atoms with Crippen LogP contribution in [0.15, 0.2) is 12.3 Å². The Bertz CT molecular complexity index is 679. The van der Waals surface area contributed by atoms with Gasteiger partial charge in [0.25, 0.3) is 0 Å². The lowest BCUT2D eigenvalue weighted by Gasteiger charge is -2.28. The number of aromatic nitrogens is 4. The van der Waals surface area contributed by atoms with Crippen LogP contribution in [0, 0.1) is 6.92 Å². The highest BCUT2D eigenvalue weighted by Crippen LogP contribution is 2.25. The topological polar surface area (TPSA) is 84.1 Å². The zero-order chi connectivity index (χ0) is 14.3. The summed E-state index contributed by atoms with van der Waals surface area (Å²) < 4.78 is 1.67. The maximum Gasteiger partial charge on any atom is 0.356 e. The molecule has 3 rings (SSSR count). The van der Waals surface area contributed by atoms with Crippen molar-refractivity contribution >= 4 is 11.8 Å². The molecule has 2 aromatic heterocycles. The van der Waals surface area contributed by atoms with E-state index in [4.69, 9.17) is 0 Å². The lowest BCUT2D eigenvalue weighted by molar-refractivity contribution is 0.0688. The molecule has 0 fully saturated rings. The van der Waals surface area contributed by atoms with Crippen molar-refractivity contribution in [2.45, 2.75) is 19.9 Å². The van der Waals surface area contributed by atoms with Gasteiger partial charge in [-0.2, -0.15) is 5.10 Å². The van der Waals surface area contributed by atoms with Gasteiger partial charge in [-0.1, -0.05) is 0 Å². The van der Waals surface area contributed by atoms with E-state index in [9.17, 15) is 9.90 Å². The molecule has 7 nitrogen and oxygen atoms in total. The van der Waals surface area contributed by atoms with Gasteiger partial charge in [-0.25, -0.2) is 14.8 Å². The Labute approximate surface area is 115 Å². The zero-order valence-electron chi connectivity index (χ0n) is 11.4. The maximum atomic E-state index is 11.3. The Balaban J connectivity index is 1.97. The summed E-state index contributed by atoms with van der Waals surface area (Å²) >= 11 is 0. The molecule has 1 aliphatic rings. The number of hydrogen-bond acceptors (Lipinski definition) is 5. The summed E-state index contributed by atoms with van der Waals surface area (Å²) in [7, 11) is 1.79. The Kier molecular flexibility index (Phi) is 2.89. The highest BCUT2D eigenvalue weighted by atomic mass is 16.4. The van der Waals surface area contributed by atoms with Crippen LogP contribution in [0.3, 0.4) is 0 Å². The van der Waals surface area contributed by atoms with Crippen molar-refractivity contribution in [2.75, 3.05) is 11.4 Å². The molecule has 0 radical (unpaired) electrons. The number of carboxylic acids is 1. The van der Waals surface area contributed by atoms with Crippen molar-refractivity contribution in [1.82, 2.24) is 19.7 Å². The quantitative estimate of drug-likeness (QED) is 0.870. The van der Waals surface area contributed by atoms with Crippen LogP contribution in [0.1, 0.15) is 27.6 Å². The highest BCUT2D eigenvalue weighted by Gasteiger charge is 2.27. The molecule has 0 unspecified atom stereocenters. The minimum absolute atomic E-state index is 0.137. The number of nitrogens with zero attached hydrogens (tertiary/aromatic N) is 5. The van der Waals surface area contributed by atoms with Crippen molar-refractivity contribution < 1.29 is 9.90 Å². The number of carbonyl (C=O) groups is 1. The van der Waals surface area contributed by atoms with E-state index in [1.165, 1.54) is 0 Å². The van der Waals surface area contributed by atoms with Crippen molar-refractivity contribution in [2.24, 2.45) is 7.05 Å². The summed E-state index contributed by atoms with van der Waals surface area (Å²) in [5.74, 6) is 0.545. The maximum absolute atomic E-state index is 11.3. The molecule has 0 spiro atoms. The van der Waals surface area contributed by atoms with Gasteiger partial charge in [0.1, 0.15) is 11.6 Å². The number of anilines is 1. The van der Waals surface area contributed by atoms with E-state index in [0.717, 1.165) is 30.0 Å². The van der Waals surface area contributed by atoms with Gasteiger partial charge in [0.15, 0.2) is 5.69 Å². The van der Waals surface area contributed by atoms with Crippen LogP contribution in [-0.2, 0) is 20.0 Å².